The highest BCUT2D eigenvalue weighted by Crippen LogP contribution is 2.35. The van der Waals surface area contributed by atoms with Gasteiger partial charge in [-0.3, -0.25) is 19.6 Å². The number of aromatic amines is 1. The van der Waals surface area contributed by atoms with Crippen molar-refractivity contribution in [2.75, 3.05) is 26.3 Å². The van der Waals surface area contributed by atoms with Gasteiger partial charge in [0.2, 0.25) is 6.79 Å². The molecule has 3 aromatic heterocycles. The lowest BCUT2D eigenvalue weighted by molar-refractivity contribution is 0.0587. The van der Waals surface area contributed by atoms with E-state index in [9.17, 15) is 19.2 Å². The van der Waals surface area contributed by atoms with Crippen LogP contribution in [0.3, 0.4) is 0 Å². The number of pyridine rings is 3. The van der Waals surface area contributed by atoms with Gasteiger partial charge >= 0.3 is 11.9 Å². The maximum absolute atomic E-state index is 13.0. The minimum absolute atomic E-state index is 0.112. The molecular formula is C38H33N5O8. The van der Waals surface area contributed by atoms with Crippen molar-refractivity contribution < 1.29 is 33.3 Å². The Hall–Kier alpha value is -6.76. The van der Waals surface area contributed by atoms with E-state index in [1.54, 1.807) is 67.3 Å². The molecule has 13 nitrogen and oxygen atoms in total. The molecule has 4 heterocycles. The van der Waals surface area contributed by atoms with Crippen molar-refractivity contribution in [2.45, 2.75) is 19.4 Å². The van der Waals surface area contributed by atoms with Crippen molar-refractivity contribution >= 4 is 51.0 Å². The number of fused-ring (bicyclic) bond motifs is 3. The average Bonchev–Trinajstić information content (AvgIpc) is 3.63. The molecule has 258 valence electrons. The number of esters is 2. The van der Waals surface area contributed by atoms with E-state index < -0.39 is 17.5 Å². The number of aromatic nitrogens is 3. The first-order valence-electron chi connectivity index (χ1n) is 15.7. The van der Waals surface area contributed by atoms with E-state index in [0.717, 1.165) is 11.3 Å². The largest absolute Gasteiger partial charge is 0.465 e. The molecule has 7 rings (SSSR count). The molecular weight excluding hydrogens is 654 g/mol. The topological polar surface area (TPSA) is 171 Å². The molecule has 1 aliphatic rings. The lowest BCUT2D eigenvalue weighted by Crippen LogP contribution is -2.41. The predicted octanol–water partition coefficient (Wildman–Crippen LogP) is 5.87. The third-order valence-corrected chi connectivity index (χ3v) is 8.19. The Bertz CT molecular complexity index is 2340. The summed E-state index contributed by atoms with van der Waals surface area (Å²) >= 11 is 0. The van der Waals surface area contributed by atoms with Gasteiger partial charge in [-0.1, -0.05) is 6.07 Å². The fourth-order valence-corrected chi connectivity index (χ4v) is 5.45. The van der Waals surface area contributed by atoms with Crippen LogP contribution in [0.15, 0.2) is 102 Å². The van der Waals surface area contributed by atoms with E-state index in [4.69, 9.17) is 14.2 Å². The first kappa shape index (κ1) is 34.1. The summed E-state index contributed by atoms with van der Waals surface area (Å²) in [6.45, 7) is 4.04. The zero-order valence-corrected chi connectivity index (χ0v) is 28.1. The summed E-state index contributed by atoms with van der Waals surface area (Å²) in [5.41, 5.74) is 3.73. The van der Waals surface area contributed by atoms with Crippen LogP contribution in [0.1, 0.15) is 50.5 Å². The van der Waals surface area contributed by atoms with E-state index in [0.29, 0.717) is 55.7 Å². The minimum Gasteiger partial charge on any atom is -0.465 e. The molecule has 3 N–H and O–H groups in total. The van der Waals surface area contributed by atoms with Crippen molar-refractivity contribution in [3.8, 4) is 11.5 Å². The number of carbonyl (C=O) groups is 3. The summed E-state index contributed by atoms with van der Waals surface area (Å²) in [5, 5.41) is 7.15. The maximum atomic E-state index is 13.0. The Morgan fingerprint density at radius 1 is 0.765 bits per heavy atom. The van der Waals surface area contributed by atoms with Gasteiger partial charge in [-0.05, 0) is 86.1 Å². The first-order chi connectivity index (χ1) is 24.6. The first-order valence-corrected chi connectivity index (χ1v) is 15.7. The lowest BCUT2D eigenvalue weighted by atomic mass is 9.93. The fraction of sp³-hybridized carbons (Fsp3) is 0.158. The molecule has 1 amide bonds. The van der Waals surface area contributed by atoms with Crippen molar-refractivity contribution in [1.29, 1.82) is 0 Å². The van der Waals surface area contributed by atoms with Crippen LogP contribution in [0.2, 0.25) is 0 Å². The summed E-state index contributed by atoms with van der Waals surface area (Å²) in [5.74, 6) is 0.142. The minimum atomic E-state index is -0.643. The van der Waals surface area contributed by atoms with Gasteiger partial charge in [-0.2, -0.15) is 0 Å². The number of H-pyrrole nitrogens is 1. The second-order valence-corrected chi connectivity index (χ2v) is 11.9. The highest BCUT2D eigenvalue weighted by Gasteiger charge is 2.26. The molecule has 1 aliphatic heterocycles. The molecule has 13 heteroatoms. The van der Waals surface area contributed by atoms with E-state index in [2.05, 4.69) is 30.3 Å². The SMILES string of the molecule is CC(C)(NC(=O)c1ccc2c(=O)c3cnccc3[nH]c2c1)c1ccc2c(c1)OCO2.COC(=O)c1ccc(C(=O)OC)c(Nc2ccncc2)c1. The predicted molar refractivity (Wildman–Crippen MR) is 190 cm³/mol. The van der Waals surface area contributed by atoms with E-state index >= 15 is 0 Å². The number of hydrogen-bond donors (Lipinski definition) is 3. The standard InChI is InChI=1S/C23H19N3O4.C15H14N2O4/c1-23(2,14-4-6-19-20(10-14)30-12-29-19)26-22(28)13-3-5-15-18(9-13)25-17-7-8-24-11-16(17)21(15)27;1-20-14(18)10-3-4-12(15(19)21-2)13(9-10)17-11-5-7-16-8-6-11/h3-11H,12H2,1-2H3,(H,25,27)(H,26,28);3-9H,1-2H3,(H,16,17). The Morgan fingerprint density at radius 3 is 2.25 bits per heavy atom. The van der Waals surface area contributed by atoms with Crippen LogP contribution in [0, 0.1) is 0 Å². The highest BCUT2D eigenvalue weighted by molar-refractivity contribution is 6.01. The summed E-state index contributed by atoms with van der Waals surface area (Å²) in [6, 6.07) is 20.4. The van der Waals surface area contributed by atoms with Gasteiger partial charge in [0, 0.05) is 41.4 Å². The van der Waals surface area contributed by atoms with Gasteiger partial charge in [0.1, 0.15) is 0 Å². The van der Waals surface area contributed by atoms with Crippen LogP contribution in [0.4, 0.5) is 11.4 Å². The number of benzene rings is 3. The third-order valence-electron chi connectivity index (χ3n) is 8.19. The van der Waals surface area contributed by atoms with Crippen LogP contribution >= 0.6 is 0 Å². The van der Waals surface area contributed by atoms with Crippen LogP contribution in [-0.2, 0) is 15.0 Å². The van der Waals surface area contributed by atoms with Crippen LogP contribution in [0.25, 0.3) is 21.8 Å². The Labute approximate surface area is 291 Å². The third kappa shape index (κ3) is 7.32. The second-order valence-electron chi connectivity index (χ2n) is 11.9. The van der Waals surface area contributed by atoms with Gasteiger partial charge in [-0.15, -0.1) is 0 Å². The Kier molecular flexibility index (Phi) is 9.62. The number of methoxy groups -OCH3 is 2. The summed E-state index contributed by atoms with van der Waals surface area (Å²) in [4.78, 5) is 60.2. The average molecular weight is 688 g/mol. The number of amides is 1. The molecule has 0 saturated carbocycles. The van der Waals surface area contributed by atoms with E-state index in [-0.39, 0.29) is 18.1 Å². The smallest absolute Gasteiger partial charge is 0.339 e. The van der Waals surface area contributed by atoms with Gasteiger partial charge in [0.05, 0.1) is 53.0 Å². The van der Waals surface area contributed by atoms with Gasteiger partial charge in [-0.25, -0.2) is 9.59 Å². The molecule has 0 radical (unpaired) electrons. The fourth-order valence-electron chi connectivity index (χ4n) is 5.45. The number of ether oxygens (including phenoxy) is 4. The van der Waals surface area contributed by atoms with Gasteiger partial charge < -0.3 is 34.6 Å². The number of nitrogens with zero attached hydrogens (tertiary/aromatic N) is 2. The van der Waals surface area contributed by atoms with Gasteiger partial charge in [0.15, 0.2) is 16.9 Å². The molecule has 0 saturated heterocycles. The molecule has 0 aliphatic carbocycles. The summed E-state index contributed by atoms with van der Waals surface area (Å²) < 4.78 is 20.2. The lowest BCUT2D eigenvalue weighted by Gasteiger charge is -2.27. The molecule has 0 unspecified atom stereocenters. The monoisotopic (exact) mass is 687 g/mol. The van der Waals surface area contributed by atoms with Crippen molar-refractivity contribution in [2.24, 2.45) is 0 Å². The summed E-state index contributed by atoms with van der Waals surface area (Å²) in [7, 11) is 2.60. The number of hydrogen-bond acceptors (Lipinski definition) is 11. The van der Waals surface area contributed by atoms with Crippen LogP contribution < -0.4 is 25.5 Å². The van der Waals surface area contributed by atoms with Crippen molar-refractivity contribution in [3.63, 3.8) is 0 Å². The maximum Gasteiger partial charge on any atom is 0.339 e. The molecule has 51 heavy (non-hydrogen) atoms. The highest BCUT2D eigenvalue weighted by atomic mass is 16.7. The molecule has 0 atom stereocenters. The summed E-state index contributed by atoms with van der Waals surface area (Å²) in [6.07, 6.45) is 6.39. The van der Waals surface area contributed by atoms with Crippen molar-refractivity contribution in [3.05, 3.63) is 130 Å². The van der Waals surface area contributed by atoms with Crippen LogP contribution in [0.5, 0.6) is 11.5 Å². The zero-order valence-electron chi connectivity index (χ0n) is 28.1. The van der Waals surface area contributed by atoms with Crippen molar-refractivity contribution in [1.82, 2.24) is 20.3 Å². The number of carbonyl (C=O) groups excluding carboxylic acids is 3. The Morgan fingerprint density at radius 2 is 1.49 bits per heavy atom. The normalized spacial score (nSPS) is 11.7. The Balaban J connectivity index is 0.000000188. The number of rotatable bonds is 7. The second kappa shape index (κ2) is 14.4. The quantitative estimate of drug-likeness (QED) is 0.135. The molecule has 0 spiro atoms. The zero-order chi connectivity index (χ0) is 36.1. The number of anilines is 2. The molecule has 0 fully saturated rings. The van der Waals surface area contributed by atoms with E-state index in [1.165, 1.54) is 26.4 Å². The molecule has 3 aromatic carbocycles. The molecule has 6 aromatic rings. The van der Waals surface area contributed by atoms with E-state index in [1.807, 2.05) is 32.0 Å². The van der Waals surface area contributed by atoms with Gasteiger partial charge in [0.25, 0.3) is 5.91 Å². The van der Waals surface area contributed by atoms with Crippen LogP contribution in [-0.4, -0.2) is 53.8 Å². The molecule has 0 bridgehead atoms. The number of nitrogens with one attached hydrogen (secondary N) is 3.